The average Bonchev–Trinajstić information content (AvgIpc) is 2.64. The number of benzene rings is 1. The van der Waals surface area contributed by atoms with Crippen molar-refractivity contribution in [3.8, 4) is 6.07 Å². The van der Waals surface area contributed by atoms with Crippen LogP contribution < -0.4 is 0 Å². The number of carbonyl (C=O) groups is 1. The van der Waals surface area contributed by atoms with Crippen molar-refractivity contribution in [1.82, 2.24) is 0 Å². The summed E-state index contributed by atoms with van der Waals surface area (Å²) in [5, 5.41) is 9.27. The summed E-state index contributed by atoms with van der Waals surface area (Å²) < 4.78 is 0. The second kappa shape index (κ2) is 4.09. The summed E-state index contributed by atoms with van der Waals surface area (Å²) in [4.78, 5) is 11.8. The number of nitrogens with zero attached hydrogens (tertiary/aromatic N) is 1. The zero-order valence-corrected chi connectivity index (χ0v) is 9.49. The molecule has 2 heteroatoms. The predicted molar refractivity (Wildman–Crippen MR) is 61.8 cm³/mol. The number of Topliss-reactive ketones (excluding diaryl/α,β-unsaturated/α-hetero) is 1. The van der Waals surface area contributed by atoms with Crippen LogP contribution in [0.3, 0.4) is 0 Å². The normalized spacial score (nSPS) is 24.4. The van der Waals surface area contributed by atoms with Crippen molar-refractivity contribution in [2.45, 2.75) is 32.6 Å². The summed E-state index contributed by atoms with van der Waals surface area (Å²) in [5.41, 5.74) is 1.54. The van der Waals surface area contributed by atoms with E-state index in [1.165, 1.54) is 0 Å². The van der Waals surface area contributed by atoms with Gasteiger partial charge < -0.3 is 0 Å². The molecule has 1 fully saturated rings. The van der Waals surface area contributed by atoms with Gasteiger partial charge in [0.05, 0.1) is 6.07 Å². The van der Waals surface area contributed by atoms with Gasteiger partial charge >= 0.3 is 0 Å². The highest BCUT2D eigenvalue weighted by atomic mass is 16.1. The molecule has 1 aromatic carbocycles. The summed E-state index contributed by atoms with van der Waals surface area (Å²) in [6.45, 7) is 2.03. The van der Waals surface area contributed by atoms with Crippen molar-refractivity contribution in [2.75, 3.05) is 0 Å². The monoisotopic (exact) mass is 213 g/mol. The van der Waals surface area contributed by atoms with Gasteiger partial charge in [-0.1, -0.05) is 24.3 Å². The average molecular weight is 213 g/mol. The van der Waals surface area contributed by atoms with Crippen LogP contribution >= 0.6 is 0 Å². The lowest BCUT2D eigenvalue weighted by molar-refractivity contribution is -0.123. The Morgan fingerprint density at radius 1 is 1.44 bits per heavy atom. The van der Waals surface area contributed by atoms with E-state index in [9.17, 15) is 10.1 Å². The van der Waals surface area contributed by atoms with Crippen LogP contribution in [-0.2, 0) is 11.2 Å². The Bertz CT molecular complexity index is 458. The molecule has 0 spiro atoms. The molecule has 2 rings (SSSR count). The second-order valence-corrected chi connectivity index (χ2v) is 4.57. The van der Waals surface area contributed by atoms with Crippen LogP contribution in [0.25, 0.3) is 0 Å². The first kappa shape index (κ1) is 10.9. The Hall–Kier alpha value is -1.62. The number of aryl methyl sites for hydroxylation is 1. The van der Waals surface area contributed by atoms with Crippen molar-refractivity contribution in [1.29, 1.82) is 5.26 Å². The zero-order valence-electron chi connectivity index (χ0n) is 9.49. The van der Waals surface area contributed by atoms with E-state index < -0.39 is 5.41 Å². The minimum Gasteiger partial charge on any atom is -0.298 e. The van der Waals surface area contributed by atoms with E-state index in [0.29, 0.717) is 12.8 Å². The summed E-state index contributed by atoms with van der Waals surface area (Å²) in [7, 11) is 0. The molecule has 0 aromatic heterocycles. The van der Waals surface area contributed by atoms with Gasteiger partial charge in [0.1, 0.15) is 5.41 Å². The SMILES string of the molecule is Cc1ccccc1CC1(C#N)CCCC1=O. The zero-order chi connectivity index (χ0) is 11.6. The maximum absolute atomic E-state index is 11.8. The number of hydrogen-bond acceptors (Lipinski definition) is 2. The molecule has 0 bridgehead atoms. The van der Waals surface area contributed by atoms with Crippen molar-refractivity contribution >= 4 is 5.78 Å². The Morgan fingerprint density at radius 3 is 2.75 bits per heavy atom. The van der Waals surface area contributed by atoms with Crippen LogP contribution in [0.15, 0.2) is 24.3 Å². The van der Waals surface area contributed by atoms with Gasteiger partial charge in [-0.3, -0.25) is 4.79 Å². The minimum absolute atomic E-state index is 0.123. The fourth-order valence-electron chi connectivity index (χ4n) is 2.41. The van der Waals surface area contributed by atoms with Gasteiger partial charge in [0.15, 0.2) is 5.78 Å². The highest BCUT2D eigenvalue weighted by Gasteiger charge is 2.42. The van der Waals surface area contributed by atoms with E-state index in [1.54, 1.807) is 0 Å². The molecule has 1 aromatic rings. The van der Waals surface area contributed by atoms with Crippen LogP contribution in [-0.4, -0.2) is 5.78 Å². The Kier molecular flexibility index (Phi) is 2.78. The first-order valence-corrected chi connectivity index (χ1v) is 5.67. The topological polar surface area (TPSA) is 40.9 Å². The van der Waals surface area contributed by atoms with E-state index in [4.69, 9.17) is 0 Å². The van der Waals surface area contributed by atoms with Gasteiger partial charge in [-0.25, -0.2) is 0 Å². The van der Waals surface area contributed by atoms with Crippen LogP contribution in [0, 0.1) is 23.7 Å². The minimum atomic E-state index is -0.744. The molecule has 16 heavy (non-hydrogen) atoms. The molecule has 1 atom stereocenters. The van der Waals surface area contributed by atoms with Crippen LogP contribution in [0.2, 0.25) is 0 Å². The number of carbonyl (C=O) groups excluding carboxylic acids is 1. The highest BCUT2D eigenvalue weighted by molar-refractivity contribution is 5.89. The summed E-state index contributed by atoms with van der Waals surface area (Å²) >= 11 is 0. The molecule has 0 aliphatic heterocycles. The molecular weight excluding hydrogens is 198 g/mol. The van der Waals surface area contributed by atoms with E-state index in [1.807, 2.05) is 31.2 Å². The highest BCUT2D eigenvalue weighted by Crippen LogP contribution is 2.37. The van der Waals surface area contributed by atoms with Crippen molar-refractivity contribution in [3.63, 3.8) is 0 Å². The molecule has 1 saturated carbocycles. The maximum atomic E-state index is 11.8. The third-order valence-electron chi connectivity index (χ3n) is 3.51. The second-order valence-electron chi connectivity index (χ2n) is 4.57. The Morgan fingerprint density at radius 2 is 2.19 bits per heavy atom. The molecule has 0 N–H and O–H groups in total. The smallest absolute Gasteiger partial charge is 0.153 e. The van der Waals surface area contributed by atoms with Crippen LogP contribution in [0.1, 0.15) is 30.4 Å². The first-order chi connectivity index (χ1) is 7.68. The fourth-order valence-corrected chi connectivity index (χ4v) is 2.41. The lowest BCUT2D eigenvalue weighted by Crippen LogP contribution is -2.26. The standard InChI is InChI=1S/C14H15NO/c1-11-5-2-3-6-12(11)9-14(10-15)8-4-7-13(14)16/h2-3,5-6H,4,7-9H2,1H3. The van der Waals surface area contributed by atoms with Crippen molar-refractivity contribution in [3.05, 3.63) is 35.4 Å². The van der Waals surface area contributed by atoms with Gasteiger partial charge in [0, 0.05) is 6.42 Å². The summed E-state index contributed by atoms with van der Waals surface area (Å²) in [5.74, 6) is 0.123. The van der Waals surface area contributed by atoms with E-state index in [2.05, 4.69) is 6.07 Å². The first-order valence-electron chi connectivity index (χ1n) is 5.67. The lowest BCUT2D eigenvalue weighted by Gasteiger charge is -2.19. The van der Waals surface area contributed by atoms with E-state index >= 15 is 0 Å². The Balaban J connectivity index is 2.30. The summed E-state index contributed by atoms with van der Waals surface area (Å²) in [6.07, 6.45) is 2.73. The molecule has 0 radical (unpaired) electrons. The number of nitriles is 1. The fraction of sp³-hybridized carbons (Fsp3) is 0.429. The van der Waals surface area contributed by atoms with Gasteiger partial charge in [-0.15, -0.1) is 0 Å². The number of rotatable bonds is 2. The van der Waals surface area contributed by atoms with Crippen LogP contribution in [0.4, 0.5) is 0 Å². The third kappa shape index (κ3) is 1.74. The summed E-state index contributed by atoms with van der Waals surface area (Å²) in [6, 6.07) is 10.2. The Labute approximate surface area is 95.9 Å². The molecule has 2 nitrogen and oxygen atoms in total. The molecule has 0 amide bonds. The van der Waals surface area contributed by atoms with E-state index in [0.717, 1.165) is 24.0 Å². The molecule has 1 unspecified atom stereocenters. The van der Waals surface area contributed by atoms with Gasteiger partial charge in [-0.05, 0) is 37.3 Å². The van der Waals surface area contributed by atoms with Gasteiger partial charge in [0.2, 0.25) is 0 Å². The van der Waals surface area contributed by atoms with Crippen LogP contribution in [0.5, 0.6) is 0 Å². The molecule has 0 saturated heterocycles. The van der Waals surface area contributed by atoms with Gasteiger partial charge in [-0.2, -0.15) is 5.26 Å². The quantitative estimate of drug-likeness (QED) is 0.758. The molecule has 82 valence electrons. The number of hydrogen-bond donors (Lipinski definition) is 0. The van der Waals surface area contributed by atoms with Gasteiger partial charge in [0.25, 0.3) is 0 Å². The molecule has 1 aliphatic carbocycles. The third-order valence-corrected chi connectivity index (χ3v) is 3.51. The number of ketones is 1. The molecule has 1 aliphatic rings. The van der Waals surface area contributed by atoms with Crippen molar-refractivity contribution < 1.29 is 4.79 Å². The molecule has 0 heterocycles. The maximum Gasteiger partial charge on any atom is 0.153 e. The predicted octanol–water partition coefficient (Wildman–Crippen LogP) is 2.80. The molecular formula is C14H15NO. The lowest BCUT2D eigenvalue weighted by atomic mass is 9.80. The van der Waals surface area contributed by atoms with Crippen molar-refractivity contribution in [2.24, 2.45) is 5.41 Å². The largest absolute Gasteiger partial charge is 0.298 e. The van der Waals surface area contributed by atoms with E-state index in [-0.39, 0.29) is 5.78 Å².